The lowest BCUT2D eigenvalue weighted by atomic mass is 10.1. The number of aromatic nitrogens is 4. The monoisotopic (exact) mass is 445 g/mol. The zero-order valence-electron chi connectivity index (χ0n) is 15.6. The van der Waals surface area contributed by atoms with Gasteiger partial charge in [0.2, 0.25) is 5.28 Å². The van der Waals surface area contributed by atoms with Crippen LogP contribution in [0.3, 0.4) is 0 Å². The van der Waals surface area contributed by atoms with E-state index in [2.05, 4.69) is 20.3 Å². The van der Waals surface area contributed by atoms with Gasteiger partial charge < -0.3 is 19.5 Å². The van der Waals surface area contributed by atoms with E-state index in [1.54, 1.807) is 6.92 Å². The molecule has 3 heterocycles. The Morgan fingerprint density at radius 2 is 1.83 bits per heavy atom. The summed E-state index contributed by atoms with van der Waals surface area (Å²) in [7, 11) is 0. The first kappa shape index (κ1) is 21.2. The predicted octanol–water partition coefficient (Wildman–Crippen LogP) is 1.03. The summed E-state index contributed by atoms with van der Waals surface area (Å²) in [6.45, 7) is 4.40. The number of fused-ring (bicyclic) bond motifs is 1. The van der Waals surface area contributed by atoms with Gasteiger partial charge in [-0.3, -0.25) is 19.0 Å². The third-order valence-corrected chi connectivity index (χ3v) is 4.46. The van der Waals surface area contributed by atoms with E-state index < -0.39 is 42.4 Å². The number of ether oxygens (including phenoxy) is 3. The van der Waals surface area contributed by atoms with Crippen LogP contribution in [-0.2, 0) is 28.6 Å². The molecule has 0 bridgehead atoms. The topological polar surface area (TPSA) is 135 Å². The van der Waals surface area contributed by atoms with Crippen molar-refractivity contribution in [1.82, 2.24) is 24.8 Å². The van der Waals surface area contributed by atoms with Gasteiger partial charge in [-0.15, -0.1) is 0 Å². The number of carbonyl (C=O) groups is 3. The van der Waals surface area contributed by atoms with Crippen LogP contribution in [0.4, 0.5) is 0 Å². The van der Waals surface area contributed by atoms with Gasteiger partial charge in [0, 0.05) is 20.4 Å². The summed E-state index contributed by atoms with van der Waals surface area (Å²) in [5, 5.41) is 2.47. The molecule has 1 N–H and O–H groups in total. The molecule has 1 aliphatic heterocycles. The van der Waals surface area contributed by atoms with Gasteiger partial charge in [-0.2, -0.15) is 4.98 Å². The second-order valence-electron chi connectivity index (χ2n) is 6.10. The molecule has 13 heteroatoms. The molecule has 0 unspecified atom stereocenters. The standard InChI is InChI=1S/C16H17Cl2N5O6/c1-4-19-14(26)10-9(27-6(2)24)11(28-7(3)25)15(29-10)23-5-20-8-12(17)21-16(18)22-13(8)23/h5,9-11,15H,4H2,1-3H3,(H,19,26)/t9-,10+,11-,15-/m1/s1. The zero-order valence-corrected chi connectivity index (χ0v) is 17.1. The van der Waals surface area contributed by atoms with E-state index in [1.165, 1.54) is 24.7 Å². The molecule has 1 fully saturated rings. The minimum atomic E-state index is -1.24. The highest BCUT2D eigenvalue weighted by atomic mass is 35.5. The maximum atomic E-state index is 12.5. The fraction of sp³-hybridized carbons (Fsp3) is 0.500. The number of likely N-dealkylation sites (N-methyl/N-ethyl adjacent to an activating group) is 1. The van der Waals surface area contributed by atoms with Crippen molar-refractivity contribution in [2.45, 2.75) is 45.3 Å². The molecule has 0 aliphatic carbocycles. The highest BCUT2D eigenvalue weighted by Crippen LogP contribution is 2.36. The van der Waals surface area contributed by atoms with Crippen LogP contribution in [0.1, 0.15) is 27.0 Å². The molecule has 1 aliphatic rings. The fourth-order valence-electron chi connectivity index (χ4n) is 3.03. The maximum Gasteiger partial charge on any atom is 0.303 e. The minimum absolute atomic E-state index is 0.0117. The first-order valence-electron chi connectivity index (χ1n) is 8.56. The van der Waals surface area contributed by atoms with Crippen molar-refractivity contribution in [3.63, 3.8) is 0 Å². The molecule has 2 aromatic heterocycles. The highest BCUT2D eigenvalue weighted by Gasteiger charge is 2.53. The lowest BCUT2D eigenvalue weighted by Gasteiger charge is -2.23. The number of hydrogen-bond acceptors (Lipinski definition) is 9. The fourth-order valence-corrected chi connectivity index (χ4v) is 3.45. The summed E-state index contributed by atoms with van der Waals surface area (Å²) in [6.07, 6.45) is -3.36. The van der Waals surface area contributed by atoms with Gasteiger partial charge >= 0.3 is 11.9 Å². The van der Waals surface area contributed by atoms with Crippen LogP contribution in [0.5, 0.6) is 0 Å². The highest BCUT2D eigenvalue weighted by molar-refractivity contribution is 6.35. The Hall–Kier alpha value is -2.50. The van der Waals surface area contributed by atoms with Gasteiger partial charge in [0.1, 0.15) is 5.52 Å². The summed E-state index contributed by atoms with van der Waals surface area (Å²) in [5.74, 6) is -1.87. The van der Waals surface area contributed by atoms with Crippen molar-refractivity contribution < 1.29 is 28.6 Å². The number of nitrogens with zero attached hydrogens (tertiary/aromatic N) is 4. The SMILES string of the molecule is CCNC(=O)[C@H]1O[C@@H](n2cnc3c(Cl)nc(Cl)nc32)[C@H](OC(C)=O)[C@@H]1OC(C)=O. The quantitative estimate of drug-likeness (QED) is 0.406. The van der Waals surface area contributed by atoms with Crippen molar-refractivity contribution in [2.24, 2.45) is 0 Å². The van der Waals surface area contributed by atoms with Crippen molar-refractivity contribution in [3.8, 4) is 0 Å². The number of amides is 1. The van der Waals surface area contributed by atoms with Crippen LogP contribution in [0.25, 0.3) is 11.2 Å². The molecule has 1 amide bonds. The third-order valence-electron chi connectivity index (χ3n) is 4.03. The molecule has 2 aromatic rings. The molecule has 0 spiro atoms. The average molecular weight is 446 g/mol. The van der Waals surface area contributed by atoms with E-state index in [0.717, 1.165) is 0 Å². The molecule has 0 radical (unpaired) electrons. The Morgan fingerprint density at radius 3 is 2.45 bits per heavy atom. The lowest BCUT2D eigenvalue weighted by molar-refractivity contribution is -0.166. The van der Waals surface area contributed by atoms with Crippen molar-refractivity contribution >= 4 is 52.2 Å². The van der Waals surface area contributed by atoms with Gasteiger partial charge in [-0.25, -0.2) is 9.97 Å². The summed E-state index contributed by atoms with van der Waals surface area (Å²) >= 11 is 11.9. The van der Waals surface area contributed by atoms with Crippen LogP contribution >= 0.6 is 23.2 Å². The molecule has 156 valence electrons. The second kappa shape index (κ2) is 8.47. The maximum absolute atomic E-state index is 12.5. The Morgan fingerprint density at radius 1 is 1.17 bits per heavy atom. The first-order chi connectivity index (χ1) is 13.7. The molecular weight excluding hydrogens is 429 g/mol. The largest absolute Gasteiger partial charge is 0.455 e. The van der Waals surface area contributed by atoms with Gasteiger partial charge in [-0.05, 0) is 18.5 Å². The minimum Gasteiger partial charge on any atom is -0.455 e. The molecule has 4 atom stereocenters. The summed E-state index contributed by atoms with van der Waals surface area (Å²) in [5.41, 5.74) is 0.419. The molecule has 0 aromatic carbocycles. The predicted molar refractivity (Wildman–Crippen MR) is 99.0 cm³/mol. The van der Waals surface area contributed by atoms with E-state index in [4.69, 9.17) is 37.4 Å². The molecule has 29 heavy (non-hydrogen) atoms. The zero-order chi connectivity index (χ0) is 21.3. The summed E-state index contributed by atoms with van der Waals surface area (Å²) < 4.78 is 17.9. The van der Waals surface area contributed by atoms with Gasteiger partial charge in [-0.1, -0.05) is 11.6 Å². The Bertz CT molecular complexity index is 967. The lowest BCUT2D eigenvalue weighted by Crippen LogP contribution is -2.45. The van der Waals surface area contributed by atoms with Crippen LogP contribution in [-0.4, -0.2) is 62.2 Å². The molecule has 11 nitrogen and oxygen atoms in total. The Balaban J connectivity index is 2.09. The summed E-state index contributed by atoms with van der Waals surface area (Å²) in [4.78, 5) is 47.9. The normalized spacial score (nSPS) is 23.8. The first-order valence-corrected chi connectivity index (χ1v) is 9.31. The number of nitrogens with one attached hydrogen (secondary N) is 1. The number of halogens is 2. The average Bonchev–Trinajstić information content (AvgIpc) is 3.17. The van der Waals surface area contributed by atoms with Crippen LogP contribution < -0.4 is 5.32 Å². The van der Waals surface area contributed by atoms with E-state index in [-0.39, 0.29) is 21.6 Å². The van der Waals surface area contributed by atoms with E-state index in [9.17, 15) is 14.4 Å². The van der Waals surface area contributed by atoms with E-state index in [1.807, 2.05) is 0 Å². The van der Waals surface area contributed by atoms with Gasteiger partial charge in [0.05, 0.1) is 6.33 Å². The van der Waals surface area contributed by atoms with Crippen LogP contribution in [0, 0.1) is 0 Å². The molecule has 3 rings (SSSR count). The van der Waals surface area contributed by atoms with E-state index in [0.29, 0.717) is 6.54 Å². The Kier molecular flexibility index (Phi) is 6.20. The van der Waals surface area contributed by atoms with Crippen molar-refractivity contribution in [3.05, 3.63) is 16.8 Å². The number of carbonyl (C=O) groups excluding carboxylic acids is 3. The molecule has 1 saturated heterocycles. The van der Waals surface area contributed by atoms with Crippen molar-refractivity contribution in [1.29, 1.82) is 0 Å². The Labute approximate surface area is 174 Å². The van der Waals surface area contributed by atoms with Crippen LogP contribution in [0.15, 0.2) is 6.33 Å². The number of hydrogen-bond donors (Lipinski definition) is 1. The number of rotatable bonds is 5. The van der Waals surface area contributed by atoms with Gasteiger partial charge in [0.25, 0.3) is 5.91 Å². The van der Waals surface area contributed by atoms with E-state index >= 15 is 0 Å². The third kappa shape index (κ3) is 4.26. The smallest absolute Gasteiger partial charge is 0.303 e. The van der Waals surface area contributed by atoms with Gasteiger partial charge in [0.15, 0.2) is 35.3 Å². The summed E-state index contributed by atoms with van der Waals surface area (Å²) in [6, 6.07) is 0. The second-order valence-corrected chi connectivity index (χ2v) is 6.79. The molecular formula is C16H17Cl2N5O6. The molecule has 0 saturated carbocycles. The van der Waals surface area contributed by atoms with Crippen molar-refractivity contribution in [2.75, 3.05) is 6.54 Å². The number of imidazole rings is 1. The number of esters is 2. The van der Waals surface area contributed by atoms with Crippen LogP contribution in [0.2, 0.25) is 10.4 Å².